The molecule has 3 aromatic carbocycles. The SMILES string of the molecule is O=C1[C@@H](CC[C@H](O)c2ccc(F)cc2)[C@@H](c2ccc(O)cc2)N1c1ccc(F)cc1.S.S. The van der Waals surface area contributed by atoms with Crippen molar-refractivity contribution >= 4 is 38.6 Å². The van der Waals surface area contributed by atoms with Crippen LogP contribution in [0.15, 0.2) is 72.8 Å². The number of halogens is 2. The van der Waals surface area contributed by atoms with E-state index in [1.807, 2.05) is 0 Å². The average Bonchev–Trinajstić information content (AvgIpc) is 2.74. The van der Waals surface area contributed by atoms with Crippen LogP contribution in [0.4, 0.5) is 14.5 Å². The van der Waals surface area contributed by atoms with Gasteiger partial charge in [-0.15, -0.1) is 0 Å². The zero-order chi connectivity index (χ0) is 21.3. The van der Waals surface area contributed by atoms with Gasteiger partial charge in [0.05, 0.1) is 18.1 Å². The molecule has 0 bridgehead atoms. The molecule has 1 heterocycles. The number of phenols is 1. The molecule has 0 radical (unpaired) electrons. The third kappa shape index (κ3) is 5.26. The van der Waals surface area contributed by atoms with E-state index in [9.17, 15) is 23.8 Å². The molecule has 0 spiro atoms. The van der Waals surface area contributed by atoms with Gasteiger partial charge in [0.1, 0.15) is 17.4 Å². The largest absolute Gasteiger partial charge is 0.508 e. The van der Waals surface area contributed by atoms with Gasteiger partial charge in [0.15, 0.2) is 0 Å². The molecule has 4 nitrogen and oxygen atoms in total. The lowest BCUT2D eigenvalue weighted by Crippen LogP contribution is -2.55. The smallest absolute Gasteiger partial charge is 0.233 e. The topological polar surface area (TPSA) is 60.8 Å². The summed E-state index contributed by atoms with van der Waals surface area (Å²) in [6, 6.07) is 17.7. The number of carbonyl (C=O) groups is 1. The van der Waals surface area contributed by atoms with Crippen LogP contribution in [0.2, 0.25) is 0 Å². The van der Waals surface area contributed by atoms with Crippen LogP contribution in [0.3, 0.4) is 0 Å². The molecule has 170 valence electrons. The molecule has 3 aromatic rings. The van der Waals surface area contributed by atoms with Crippen LogP contribution in [0.25, 0.3) is 0 Å². The summed E-state index contributed by atoms with van der Waals surface area (Å²) in [6.45, 7) is 0. The van der Waals surface area contributed by atoms with Gasteiger partial charge in [-0.25, -0.2) is 8.78 Å². The summed E-state index contributed by atoms with van der Waals surface area (Å²) in [5.74, 6) is -1.10. The molecule has 1 amide bonds. The molecule has 1 aliphatic heterocycles. The lowest BCUT2D eigenvalue weighted by molar-refractivity contribution is -0.131. The number of aromatic hydroxyl groups is 1. The Balaban J connectivity index is 0.00000181. The fourth-order valence-electron chi connectivity index (χ4n) is 3.96. The number of hydrogen-bond acceptors (Lipinski definition) is 3. The number of hydrogen-bond donors (Lipinski definition) is 2. The van der Waals surface area contributed by atoms with Crippen LogP contribution in [-0.2, 0) is 4.79 Å². The number of aliphatic hydroxyl groups excluding tert-OH is 1. The van der Waals surface area contributed by atoms with Crippen LogP contribution in [0.1, 0.15) is 36.1 Å². The molecule has 0 saturated carbocycles. The van der Waals surface area contributed by atoms with Gasteiger partial charge in [0.25, 0.3) is 0 Å². The van der Waals surface area contributed by atoms with Crippen LogP contribution in [0.5, 0.6) is 5.75 Å². The minimum atomic E-state index is -0.807. The Morgan fingerprint density at radius 1 is 0.844 bits per heavy atom. The number of nitrogens with zero attached hydrogens (tertiary/aromatic N) is 1. The van der Waals surface area contributed by atoms with Gasteiger partial charge in [-0.2, -0.15) is 27.0 Å². The van der Waals surface area contributed by atoms with E-state index in [2.05, 4.69) is 0 Å². The predicted molar refractivity (Wildman–Crippen MR) is 130 cm³/mol. The van der Waals surface area contributed by atoms with Crippen molar-refractivity contribution in [2.75, 3.05) is 4.90 Å². The lowest BCUT2D eigenvalue weighted by Gasteiger charge is -2.48. The molecular weight excluding hydrogens is 452 g/mol. The highest BCUT2D eigenvalue weighted by Crippen LogP contribution is 2.46. The Bertz CT molecular complexity index is 1030. The highest BCUT2D eigenvalue weighted by atomic mass is 32.1. The fraction of sp³-hybridized carbons (Fsp3) is 0.208. The third-order valence-corrected chi connectivity index (χ3v) is 5.56. The normalized spacial score (nSPS) is 18.2. The lowest BCUT2D eigenvalue weighted by atomic mass is 9.78. The number of benzene rings is 3. The van der Waals surface area contributed by atoms with Crippen LogP contribution >= 0.6 is 27.0 Å². The average molecular weight is 478 g/mol. The van der Waals surface area contributed by atoms with Gasteiger partial charge in [-0.05, 0) is 72.5 Å². The summed E-state index contributed by atoms with van der Waals surface area (Å²) in [5, 5.41) is 20.1. The summed E-state index contributed by atoms with van der Waals surface area (Å²) >= 11 is 0. The Hall–Kier alpha value is -2.55. The molecule has 3 atom stereocenters. The summed E-state index contributed by atoms with van der Waals surface area (Å²) in [7, 11) is 0. The predicted octanol–water partition coefficient (Wildman–Crippen LogP) is 5.11. The number of rotatable bonds is 6. The molecule has 0 unspecified atom stereocenters. The van der Waals surface area contributed by atoms with Crippen molar-refractivity contribution in [2.45, 2.75) is 25.0 Å². The molecule has 0 aliphatic carbocycles. The number of carbonyl (C=O) groups excluding carboxylic acids is 1. The van der Waals surface area contributed by atoms with Crippen molar-refractivity contribution in [1.29, 1.82) is 0 Å². The van der Waals surface area contributed by atoms with Crippen LogP contribution < -0.4 is 4.90 Å². The highest BCUT2D eigenvalue weighted by Gasteiger charge is 2.48. The Kier molecular flexibility index (Phi) is 8.72. The van der Waals surface area contributed by atoms with E-state index in [1.165, 1.54) is 36.4 Å². The zero-order valence-corrected chi connectivity index (χ0v) is 19.1. The molecule has 1 saturated heterocycles. The van der Waals surface area contributed by atoms with E-state index in [0.717, 1.165) is 5.56 Å². The molecule has 0 aromatic heterocycles. The van der Waals surface area contributed by atoms with E-state index < -0.39 is 6.10 Å². The van der Waals surface area contributed by atoms with E-state index in [4.69, 9.17) is 0 Å². The first-order chi connectivity index (χ1) is 14.4. The molecule has 4 rings (SSSR count). The van der Waals surface area contributed by atoms with E-state index in [0.29, 0.717) is 24.1 Å². The second-order valence-corrected chi connectivity index (χ2v) is 7.47. The van der Waals surface area contributed by atoms with Gasteiger partial charge in [0.2, 0.25) is 5.91 Å². The van der Waals surface area contributed by atoms with E-state index in [-0.39, 0.29) is 62.2 Å². The van der Waals surface area contributed by atoms with E-state index >= 15 is 0 Å². The third-order valence-electron chi connectivity index (χ3n) is 5.56. The van der Waals surface area contributed by atoms with Crippen LogP contribution in [0, 0.1) is 17.6 Å². The minimum absolute atomic E-state index is 0. The first-order valence-electron chi connectivity index (χ1n) is 9.75. The van der Waals surface area contributed by atoms with Crippen molar-refractivity contribution < 1.29 is 23.8 Å². The second kappa shape index (κ2) is 10.8. The number of aliphatic hydroxyl groups is 1. The molecular formula is C24H25F2NO3S2. The van der Waals surface area contributed by atoms with Crippen molar-refractivity contribution in [3.63, 3.8) is 0 Å². The fourth-order valence-corrected chi connectivity index (χ4v) is 3.96. The first kappa shape index (κ1) is 25.7. The summed E-state index contributed by atoms with van der Waals surface area (Å²) in [6.07, 6.45) is -0.0344. The maximum atomic E-state index is 13.3. The maximum absolute atomic E-state index is 13.3. The monoisotopic (exact) mass is 477 g/mol. The van der Waals surface area contributed by atoms with Crippen molar-refractivity contribution in [2.24, 2.45) is 5.92 Å². The molecule has 32 heavy (non-hydrogen) atoms. The number of amides is 1. The van der Waals surface area contributed by atoms with E-state index in [1.54, 1.807) is 41.3 Å². The molecule has 1 aliphatic rings. The number of anilines is 1. The Morgan fingerprint density at radius 2 is 1.38 bits per heavy atom. The summed E-state index contributed by atoms with van der Waals surface area (Å²) < 4.78 is 26.4. The minimum Gasteiger partial charge on any atom is -0.508 e. The van der Waals surface area contributed by atoms with Gasteiger partial charge in [-0.3, -0.25) is 4.79 Å². The van der Waals surface area contributed by atoms with Gasteiger partial charge in [0, 0.05) is 5.69 Å². The Morgan fingerprint density at radius 3 is 1.94 bits per heavy atom. The van der Waals surface area contributed by atoms with Crippen molar-refractivity contribution in [3.05, 3.63) is 95.6 Å². The maximum Gasteiger partial charge on any atom is 0.233 e. The number of phenolic OH excluding ortho intramolecular Hbond substituents is 1. The first-order valence-corrected chi connectivity index (χ1v) is 9.75. The molecule has 2 N–H and O–H groups in total. The van der Waals surface area contributed by atoms with Gasteiger partial charge >= 0.3 is 0 Å². The summed E-state index contributed by atoms with van der Waals surface area (Å²) in [5.41, 5.74) is 2.03. The van der Waals surface area contributed by atoms with Crippen LogP contribution in [-0.4, -0.2) is 16.1 Å². The second-order valence-electron chi connectivity index (χ2n) is 7.47. The van der Waals surface area contributed by atoms with Crippen molar-refractivity contribution in [3.8, 4) is 5.75 Å². The summed E-state index contributed by atoms with van der Waals surface area (Å²) in [4.78, 5) is 14.6. The number of β-lactam (4-membered cyclic amide) rings is 1. The molecule has 8 heteroatoms. The van der Waals surface area contributed by atoms with Gasteiger partial charge < -0.3 is 15.1 Å². The zero-order valence-electron chi connectivity index (χ0n) is 17.1. The standard InChI is InChI=1S/C24H21F2NO3.2H2S/c25-17-5-1-15(2-6-17)22(29)14-13-21-23(16-3-11-20(28)12-4-16)27(24(21)30)19-9-7-18(26)8-10-19;;/h1-12,21-23,28-29H,13-14H2;2*1H2/t21-,22-,23+;;/m0../s1. The molecule has 1 fully saturated rings. The van der Waals surface area contributed by atoms with Gasteiger partial charge in [-0.1, -0.05) is 24.3 Å². The quantitative estimate of drug-likeness (QED) is 0.485. The Labute approximate surface area is 199 Å². The van der Waals surface area contributed by atoms with Crippen molar-refractivity contribution in [1.82, 2.24) is 0 Å². The highest BCUT2D eigenvalue weighted by molar-refractivity contribution is 7.59.